The van der Waals surface area contributed by atoms with Gasteiger partial charge in [0.2, 0.25) is 0 Å². The van der Waals surface area contributed by atoms with Gasteiger partial charge in [0.15, 0.2) is 0 Å². The van der Waals surface area contributed by atoms with Crippen LogP contribution >= 0.6 is 0 Å². The summed E-state index contributed by atoms with van der Waals surface area (Å²) in [6.45, 7) is 7.03. The van der Waals surface area contributed by atoms with Crippen LogP contribution in [-0.2, 0) is 0 Å². The normalized spacial score (nSPS) is 30.6. The Balaban J connectivity index is 0.000000165. The van der Waals surface area contributed by atoms with Crippen LogP contribution in [0, 0.1) is 11.3 Å². The van der Waals surface area contributed by atoms with Crippen molar-refractivity contribution in [2.24, 2.45) is 5.73 Å². The van der Waals surface area contributed by atoms with Gasteiger partial charge in [-0.2, -0.15) is 5.26 Å². The van der Waals surface area contributed by atoms with Crippen molar-refractivity contribution in [3.63, 3.8) is 0 Å². The molecule has 4 heteroatoms. The lowest BCUT2D eigenvalue weighted by molar-refractivity contribution is 0.0599. The molecule has 3 atom stereocenters. The van der Waals surface area contributed by atoms with E-state index >= 15 is 0 Å². The Kier molecular flexibility index (Phi) is 7.60. The van der Waals surface area contributed by atoms with Crippen LogP contribution in [0.25, 0.3) is 0 Å². The highest BCUT2D eigenvalue weighted by Crippen LogP contribution is 2.46. The van der Waals surface area contributed by atoms with Crippen LogP contribution in [0.3, 0.4) is 0 Å². The molecule has 0 bridgehead atoms. The highest BCUT2D eigenvalue weighted by Gasteiger charge is 2.47. The summed E-state index contributed by atoms with van der Waals surface area (Å²) in [6, 6.07) is 14.8. The summed E-state index contributed by atoms with van der Waals surface area (Å²) < 4.78 is 0. The molecule has 1 aromatic rings. The number of hydrogen-bond acceptors (Lipinski definition) is 4. The fourth-order valence-corrected chi connectivity index (χ4v) is 7.32. The summed E-state index contributed by atoms with van der Waals surface area (Å²) in [4.78, 5) is 5.19. The molecule has 176 valence electrons. The van der Waals surface area contributed by atoms with Crippen molar-refractivity contribution >= 4 is 0 Å². The van der Waals surface area contributed by atoms with E-state index in [-0.39, 0.29) is 17.1 Å². The van der Waals surface area contributed by atoms with Crippen molar-refractivity contribution in [3.8, 4) is 6.07 Å². The smallest absolute Gasteiger partial charge is 0.109 e. The molecule has 2 N–H and O–H groups in total. The van der Waals surface area contributed by atoms with Gasteiger partial charge in [-0.25, -0.2) is 0 Å². The molecule has 0 aromatic heterocycles. The van der Waals surface area contributed by atoms with Crippen molar-refractivity contribution in [1.29, 1.82) is 5.26 Å². The second-order valence-electron chi connectivity index (χ2n) is 10.9. The minimum atomic E-state index is -0.0735. The van der Waals surface area contributed by atoms with Crippen molar-refractivity contribution in [2.45, 2.75) is 120 Å². The zero-order valence-electron chi connectivity index (χ0n) is 20.4. The van der Waals surface area contributed by atoms with E-state index in [2.05, 4.69) is 60.0 Å². The first-order chi connectivity index (χ1) is 15.5. The van der Waals surface area contributed by atoms with Crippen LogP contribution in [0.15, 0.2) is 30.3 Å². The van der Waals surface area contributed by atoms with Gasteiger partial charge in [-0.3, -0.25) is 9.80 Å². The summed E-state index contributed by atoms with van der Waals surface area (Å²) in [5.41, 5.74) is 8.19. The highest BCUT2D eigenvalue weighted by molar-refractivity contribution is 5.24. The molecule has 32 heavy (non-hydrogen) atoms. The SMILES string of the molecule is CC1CCCN1C1(C#N)CCCC1.CC1CCCN1C1(C(N)c2ccccc2)CCCC1. The first-order valence-electron chi connectivity index (χ1n) is 13.3. The Morgan fingerprint density at radius 1 is 0.844 bits per heavy atom. The van der Waals surface area contributed by atoms with Crippen LogP contribution in [-0.4, -0.2) is 46.1 Å². The number of benzene rings is 1. The summed E-state index contributed by atoms with van der Waals surface area (Å²) in [5.74, 6) is 0. The third-order valence-electron chi connectivity index (χ3n) is 9.07. The van der Waals surface area contributed by atoms with E-state index in [9.17, 15) is 5.26 Å². The van der Waals surface area contributed by atoms with Gasteiger partial charge in [0, 0.05) is 23.7 Å². The van der Waals surface area contributed by atoms with E-state index in [4.69, 9.17) is 5.73 Å². The van der Waals surface area contributed by atoms with Gasteiger partial charge in [0.25, 0.3) is 0 Å². The monoisotopic (exact) mass is 436 g/mol. The van der Waals surface area contributed by atoms with Crippen LogP contribution in [0.2, 0.25) is 0 Å². The largest absolute Gasteiger partial charge is 0.322 e. The van der Waals surface area contributed by atoms with Gasteiger partial charge in [0.1, 0.15) is 5.54 Å². The van der Waals surface area contributed by atoms with Crippen molar-refractivity contribution in [2.75, 3.05) is 13.1 Å². The van der Waals surface area contributed by atoms with Gasteiger partial charge in [0.05, 0.1) is 6.07 Å². The molecule has 4 fully saturated rings. The van der Waals surface area contributed by atoms with Crippen LogP contribution in [0.4, 0.5) is 0 Å². The number of rotatable bonds is 4. The molecular weight excluding hydrogens is 392 g/mol. The maximum Gasteiger partial charge on any atom is 0.109 e. The lowest BCUT2D eigenvalue weighted by Gasteiger charge is -2.46. The summed E-state index contributed by atoms with van der Waals surface area (Å²) in [5, 5.41) is 9.30. The second kappa shape index (κ2) is 10.2. The number of likely N-dealkylation sites (tertiary alicyclic amines) is 2. The van der Waals surface area contributed by atoms with Crippen LogP contribution in [0.1, 0.15) is 103 Å². The second-order valence-corrected chi connectivity index (χ2v) is 10.9. The zero-order valence-corrected chi connectivity index (χ0v) is 20.4. The van der Waals surface area contributed by atoms with Gasteiger partial charge in [-0.15, -0.1) is 0 Å². The minimum absolute atomic E-state index is 0.0735. The maximum absolute atomic E-state index is 9.30. The first-order valence-corrected chi connectivity index (χ1v) is 13.3. The van der Waals surface area contributed by atoms with Crippen molar-refractivity contribution < 1.29 is 0 Å². The number of nitriles is 1. The number of hydrogen-bond donors (Lipinski definition) is 1. The van der Waals surface area contributed by atoms with Crippen LogP contribution < -0.4 is 5.73 Å². The molecule has 2 saturated heterocycles. The Hall–Kier alpha value is -1.41. The Morgan fingerprint density at radius 2 is 1.38 bits per heavy atom. The molecule has 3 unspecified atom stereocenters. The van der Waals surface area contributed by atoms with Crippen LogP contribution in [0.5, 0.6) is 0 Å². The standard InChI is InChI=1S/C17H26N2.C11H18N2/c1-14-8-7-13-19(14)17(11-5-6-12-17)16(18)15-9-3-2-4-10-15;1-10-5-4-8-13(10)11(9-12)6-2-3-7-11/h2-4,9-10,14,16H,5-8,11-13,18H2,1H3;10H,2-8H2,1H3. The third kappa shape index (κ3) is 4.49. The van der Waals surface area contributed by atoms with E-state index < -0.39 is 0 Å². The molecule has 2 saturated carbocycles. The molecule has 4 nitrogen and oxygen atoms in total. The van der Waals surface area contributed by atoms with E-state index in [0.717, 1.165) is 19.4 Å². The number of nitrogens with zero attached hydrogens (tertiary/aromatic N) is 3. The number of nitrogens with two attached hydrogens (primary N) is 1. The fourth-order valence-electron chi connectivity index (χ4n) is 7.32. The molecule has 2 heterocycles. The third-order valence-corrected chi connectivity index (χ3v) is 9.07. The summed E-state index contributed by atoms with van der Waals surface area (Å²) >= 11 is 0. The Morgan fingerprint density at radius 3 is 1.88 bits per heavy atom. The highest BCUT2D eigenvalue weighted by atomic mass is 15.3. The molecule has 0 radical (unpaired) electrons. The van der Waals surface area contributed by atoms with E-state index in [1.807, 2.05) is 0 Å². The van der Waals surface area contributed by atoms with Gasteiger partial charge in [-0.1, -0.05) is 56.0 Å². The van der Waals surface area contributed by atoms with E-state index in [1.165, 1.54) is 76.3 Å². The minimum Gasteiger partial charge on any atom is -0.322 e. The Bertz CT molecular complexity index is 757. The Labute approximate surface area is 196 Å². The molecule has 1 aromatic carbocycles. The van der Waals surface area contributed by atoms with Gasteiger partial charge in [-0.05, 0) is 83.9 Å². The molecule has 2 aliphatic carbocycles. The lowest BCUT2D eigenvalue weighted by Crippen LogP contribution is -2.55. The van der Waals surface area contributed by atoms with Gasteiger partial charge >= 0.3 is 0 Å². The lowest BCUT2D eigenvalue weighted by atomic mass is 9.82. The molecule has 5 rings (SSSR count). The molecule has 2 aliphatic heterocycles. The average molecular weight is 437 g/mol. The summed E-state index contributed by atoms with van der Waals surface area (Å²) in [7, 11) is 0. The fraction of sp³-hybridized carbons (Fsp3) is 0.750. The molecule has 4 aliphatic rings. The zero-order chi connectivity index (χ0) is 22.6. The molecule has 0 spiro atoms. The van der Waals surface area contributed by atoms with E-state index in [1.54, 1.807) is 0 Å². The predicted molar refractivity (Wildman–Crippen MR) is 132 cm³/mol. The van der Waals surface area contributed by atoms with Crippen molar-refractivity contribution in [1.82, 2.24) is 9.80 Å². The topological polar surface area (TPSA) is 56.3 Å². The maximum atomic E-state index is 9.30. The van der Waals surface area contributed by atoms with E-state index in [0.29, 0.717) is 12.1 Å². The molecule has 0 amide bonds. The summed E-state index contributed by atoms with van der Waals surface area (Å²) in [6.07, 6.45) is 15.2. The predicted octanol–water partition coefficient (Wildman–Crippen LogP) is 5.79. The van der Waals surface area contributed by atoms with Crippen molar-refractivity contribution in [3.05, 3.63) is 35.9 Å². The average Bonchev–Trinajstić information content (AvgIpc) is 3.62. The quantitative estimate of drug-likeness (QED) is 0.649. The van der Waals surface area contributed by atoms with Gasteiger partial charge < -0.3 is 5.73 Å². The first kappa shape index (κ1) is 23.7. The molecular formula is C28H44N4.